The zero-order valence-corrected chi connectivity index (χ0v) is 12.5. The van der Waals surface area contributed by atoms with Gasteiger partial charge in [-0.25, -0.2) is 4.79 Å². The number of nitrogens with one attached hydrogen (secondary N) is 1. The first kappa shape index (κ1) is 16.9. The smallest absolute Gasteiger partial charge is 0.329 e. The Hall–Kier alpha value is -1.10. The van der Waals surface area contributed by atoms with Crippen LogP contribution < -0.4 is 5.32 Å². The molecule has 0 bridgehead atoms. The lowest BCUT2D eigenvalue weighted by Crippen LogP contribution is -2.50. The third-order valence-electron chi connectivity index (χ3n) is 2.68. The largest absolute Gasteiger partial charge is 0.458 e. The summed E-state index contributed by atoms with van der Waals surface area (Å²) in [6, 6.07) is -0.848. The minimum Gasteiger partial charge on any atom is -0.458 e. The van der Waals surface area contributed by atoms with E-state index in [0.29, 0.717) is 6.42 Å². The normalized spacial score (nSPS) is 14.8. The maximum atomic E-state index is 12.0. The molecule has 0 heterocycles. The van der Waals surface area contributed by atoms with Gasteiger partial charge in [0.05, 0.1) is 6.04 Å². The van der Waals surface area contributed by atoms with Gasteiger partial charge in [0.1, 0.15) is 11.6 Å². The fourth-order valence-electron chi connectivity index (χ4n) is 1.55. The van der Waals surface area contributed by atoms with Crippen LogP contribution in [0.3, 0.4) is 0 Å². The van der Waals surface area contributed by atoms with Crippen LogP contribution in [0.5, 0.6) is 0 Å². The average molecular weight is 258 g/mol. The number of likely N-dealkylation sites (N-methyl/N-ethyl adjacent to an activating group) is 2. The van der Waals surface area contributed by atoms with Crippen LogP contribution in [0, 0.1) is 0 Å². The van der Waals surface area contributed by atoms with Crippen molar-refractivity contribution in [1.29, 1.82) is 0 Å². The summed E-state index contributed by atoms with van der Waals surface area (Å²) in [6.07, 6.45) is 0.535. The van der Waals surface area contributed by atoms with Crippen molar-refractivity contribution in [2.45, 2.75) is 58.7 Å². The third-order valence-corrected chi connectivity index (χ3v) is 2.68. The second-order valence-electron chi connectivity index (χ2n) is 5.42. The first-order valence-corrected chi connectivity index (χ1v) is 6.30. The van der Waals surface area contributed by atoms with Crippen LogP contribution in [-0.4, -0.2) is 48.6 Å². The van der Waals surface area contributed by atoms with Gasteiger partial charge in [0, 0.05) is 7.05 Å². The van der Waals surface area contributed by atoms with Crippen LogP contribution in [0.25, 0.3) is 0 Å². The van der Waals surface area contributed by atoms with Crippen LogP contribution in [0.4, 0.5) is 0 Å². The topological polar surface area (TPSA) is 58.6 Å². The summed E-state index contributed by atoms with van der Waals surface area (Å²) in [5.74, 6) is -0.473. The third kappa shape index (κ3) is 5.04. The van der Waals surface area contributed by atoms with Gasteiger partial charge in [-0.05, 0) is 41.2 Å². The minimum atomic E-state index is -0.539. The number of esters is 1. The molecule has 0 aliphatic heterocycles. The molecule has 2 atom stereocenters. The summed E-state index contributed by atoms with van der Waals surface area (Å²) in [6.45, 7) is 9.07. The molecule has 0 saturated heterocycles. The van der Waals surface area contributed by atoms with Crippen LogP contribution >= 0.6 is 0 Å². The summed E-state index contributed by atoms with van der Waals surface area (Å²) in [4.78, 5) is 25.5. The van der Waals surface area contributed by atoms with Gasteiger partial charge in [0.15, 0.2) is 0 Å². The molecule has 0 aliphatic rings. The van der Waals surface area contributed by atoms with E-state index in [1.165, 1.54) is 4.90 Å². The predicted octanol–water partition coefficient (Wildman–Crippen LogP) is 1.17. The second-order valence-corrected chi connectivity index (χ2v) is 5.42. The molecule has 0 saturated carbocycles. The van der Waals surface area contributed by atoms with Gasteiger partial charge in [-0.1, -0.05) is 6.92 Å². The van der Waals surface area contributed by atoms with Gasteiger partial charge >= 0.3 is 5.97 Å². The monoisotopic (exact) mass is 258 g/mol. The zero-order valence-electron chi connectivity index (χ0n) is 12.5. The highest BCUT2D eigenvalue weighted by molar-refractivity contribution is 5.87. The SMILES string of the molecule is CC[C@@H](C(=O)OC(C)(C)C)N(C)C(=O)[C@H](C)NC. The van der Waals surface area contributed by atoms with E-state index in [9.17, 15) is 9.59 Å². The van der Waals surface area contributed by atoms with Crippen molar-refractivity contribution in [3.8, 4) is 0 Å². The lowest BCUT2D eigenvalue weighted by atomic mass is 10.1. The minimum absolute atomic E-state index is 0.116. The van der Waals surface area contributed by atoms with Crippen LogP contribution in [0.1, 0.15) is 41.0 Å². The molecule has 0 unspecified atom stereocenters. The average Bonchev–Trinajstić information content (AvgIpc) is 2.25. The van der Waals surface area contributed by atoms with E-state index in [4.69, 9.17) is 4.74 Å². The Morgan fingerprint density at radius 3 is 2.17 bits per heavy atom. The number of carbonyl (C=O) groups is 2. The molecular weight excluding hydrogens is 232 g/mol. The molecular formula is C13H26N2O3. The molecule has 0 rings (SSSR count). The van der Waals surface area contributed by atoms with Crippen LogP contribution in [0.2, 0.25) is 0 Å². The maximum Gasteiger partial charge on any atom is 0.329 e. The van der Waals surface area contributed by atoms with Crippen LogP contribution in [-0.2, 0) is 14.3 Å². The number of hydrogen-bond donors (Lipinski definition) is 1. The Morgan fingerprint density at radius 1 is 1.33 bits per heavy atom. The Morgan fingerprint density at radius 2 is 1.83 bits per heavy atom. The fourth-order valence-corrected chi connectivity index (χ4v) is 1.55. The van der Waals surface area contributed by atoms with Crippen molar-refractivity contribution in [1.82, 2.24) is 10.2 Å². The summed E-state index contributed by atoms with van der Waals surface area (Å²) in [5.41, 5.74) is -0.539. The van der Waals surface area contributed by atoms with E-state index in [2.05, 4.69) is 5.32 Å². The molecule has 18 heavy (non-hydrogen) atoms. The molecule has 5 nitrogen and oxygen atoms in total. The predicted molar refractivity (Wildman–Crippen MR) is 71.2 cm³/mol. The second kappa shape index (κ2) is 6.73. The van der Waals surface area contributed by atoms with Gasteiger partial charge < -0.3 is 15.0 Å². The van der Waals surface area contributed by atoms with Gasteiger partial charge in [-0.3, -0.25) is 4.79 Å². The fraction of sp³-hybridized carbons (Fsp3) is 0.846. The maximum absolute atomic E-state index is 12.0. The first-order chi connectivity index (χ1) is 8.14. The number of carbonyl (C=O) groups excluding carboxylic acids is 2. The molecule has 0 radical (unpaired) electrons. The molecule has 0 aromatic carbocycles. The molecule has 0 aromatic heterocycles. The van der Waals surface area contributed by atoms with Crippen molar-refractivity contribution in [2.24, 2.45) is 0 Å². The molecule has 0 aromatic rings. The molecule has 0 aliphatic carbocycles. The first-order valence-electron chi connectivity index (χ1n) is 6.30. The highest BCUT2D eigenvalue weighted by Gasteiger charge is 2.31. The number of hydrogen-bond acceptors (Lipinski definition) is 4. The van der Waals surface area contributed by atoms with Crippen molar-refractivity contribution in [2.75, 3.05) is 14.1 Å². The van der Waals surface area contributed by atoms with E-state index < -0.39 is 11.6 Å². The number of ether oxygens (including phenoxy) is 1. The molecule has 1 amide bonds. The molecule has 106 valence electrons. The lowest BCUT2D eigenvalue weighted by molar-refractivity contribution is -0.164. The Kier molecular flexibility index (Phi) is 6.32. The van der Waals surface area contributed by atoms with E-state index >= 15 is 0 Å². The highest BCUT2D eigenvalue weighted by Crippen LogP contribution is 2.13. The van der Waals surface area contributed by atoms with Gasteiger partial charge in [0.2, 0.25) is 5.91 Å². The summed E-state index contributed by atoms with van der Waals surface area (Å²) < 4.78 is 5.32. The highest BCUT2D eigenvalue weighted by atomic mass is 16.6. The van der Waals surface area contributed by atoms with Crippen molar-refractivity contribution in [3.05, 3.63) is 0 Å². The Bertz CT molecular complexity index is 297. The van der Waals surface area contributed by atoms with Crippen molar-refractivity contribution >= 4 is 11.9 Å². The molecule has 1 N–H and O–H groups in total. The molecule has 5 heteroatoms. The number of rotatable bonds is 5. The number of nitrogens with zero attached hydrogens (tertiary/aromatic N) is 1. The van der Waals surface area contributed by atoms with Gasteiger partial charge in [-0.15, -0.1) is 0 Å². The Labute approximate surface area is 110 Å². The number of amides is 1. The quantitative estimate of drug-likeness (QED) is 0.752. The summed E-state index contributed by atoms with van der Waals surface area (Å²) >= 11 is 0. The molecule has 0 spiro atoms. The van der Waals surface area contributed by atoms with Gasteiger partial charge in [0.25, 0.3) is 0 Å². The lowest BCUT2D eigenvalue weighted by Gasteiger charge is -2.30. The van der Waals surface area contributed by atoms with Crippen molar-refractivity contribution in [3.63, 3.8) is 0 Å². The standard InChI is InChI=1S/C13H26N2O3/c1-8-10(12(17)18-13(3,4)5)15(7)11(16)9(2)14-6/h9-10,14H,8H2,1-7H3/t9-,10-/m0/s1. The van der Waals surface area contributed by atoms with E-state index in [1.807, 2.05) is 27.7 Å². The summed E-state index contributed by atoms with van der Waals surface area (Å²) in [7, 11) is 3.35. The van der Waals surface area contributed by atoms with Gasteiger partial charge in [-0.2, -0.15) is 0 Å². The summed E-state index contributed by atoms with van der Waals surface area (Å²) in [5, 5.41) is 2.87. The van der Waals surface area contributed by atoms with Crippen LogP contribution in [0.15, 0.2) is 0 Å². The van der Waals surface area contributed by atoms with E-state index in [-0.39, 0.29) is 17.9 Å². The Balaban J connectivity index is 4.77. The van der Waals surface area contributed by atoms with E-state index in [0.717, 1.165) is 0 Å². The zero-order chi connectivity index (χ0) is 14.5. The molecule has 0 fully saturated rings. The van der Waals surface area contributed by atoms with Crippen molar-refractivity contribution < 1.29 is 14.3 Å². The van der Waals surface area contributed by atoms with E-state index in [1.54, 1.807) is 21.0 Å².